The molecule has 3 nitrogen and oxygen atoms in total. The van der Waals surface area contributed by atoms with Gasteiger partial charge in [-0.15, -0.1) is 0 Å². The van der Waals surface area contributed by atoms with E-state index in [1.807, 2.05) is 0 Å². The van der Waals surface area contributed by atoms with E-state index in [-0.39, 0.29) is 5.75 Å². The van der Waals surface area contributed by atoms with Crippen LogP contribution in [-0.2, 0) is 6.54 Å². The van der Waals surface area contributed by atoms with Crippen LogP contribution in [0.4, 0.5) is 13.2 Å². The van der Waals surface area contributed by atoms with Crippen LogP contribution in [0.5, 0.6) is 11.5 Å². The third kappa shape index (κ3) is 4.83. The van der Waals surface area contributed by atoms with Gasteiger partial charge in [-0.3, -0.25) is 0 Å². The molecule has 0 spiro atoms. The Morgan fingerprint density at radius 1 is 1.17 bits per heavy atom. The number of nitrogens with one attached hydrogen (secondary N) is 1. The van der Waals surface area contributed by atoms with E-state index in [0.29, 0.717) is 18.9 Å². The second-order valence-electron chi connectivity index (χ2n) is 3.65. The molecule has 0 aliphatic carbocycles. The fourth-order valence-electron chi connectivity index (χ4n) is 1.41. The maximum atomic E-state index is 12.1. The second-order valence-corrected chi connectivity index (χ2v) is 3.65. The van der Waals surface area contributed by atoms with Gasteiger partial charge in [0.25, 0.3) is 0 Å². The first kappa shape index (κ1) is 14.6. The Morgan fingerprint density at radius 3 is 2.44 bits per heavy atom. The van der Waals surface area contributed by atoms with Crippen LogP contribution in [-0.4, -0.2) is 26.4 Å². The van der Waals surface area contributed by atoms with Crippen molar-refractivity contribution in [3.8, 4) is 11.5 Å². The normalized spacial score (nSPS) is 11.4. The monoisotopic (exact) mass is 263 g/mol. The van der Waals surface area contributed by atoms with Gasteiger partial charge in [-0.2, -0.15) is 13.2 Å². The van der Waals surface area contributed by atoms with E-state index in [2.05, 4.69) is 5.32 Å². The minimum Gasteiger partial charge on any atom is -0.490 e. The quantitative estimate of drug-likeness (QED) is 0.856. The molecule has 6 heteroatoms. The summed E-state index contributed by atoms with van der Waals surface area (Å²) in [6.07, 6.45) is -4.35. The molecule has 0 saturated heterocycles. The molecule has 0 aliphatic heterocycles. The summed E-state index contributed by atoms with van der Waals surface area (Å²) in [5.41, 5.74) is 0.917. The van der Waals surface area contributed by atoms with Crippen LogP contribution in [0.1, 0.15) is 12.5 Å². The molecule has 102 valence electrons. The summed E-state index contributed by atoms with van der Waals surface area (Å²) in [6, 6.07) is 4.86. The SMILES string of the molecule is CCOc1cc(CNC)ccc1OCC(F)(F)F. The maximum Gasteiger partial charge on any atom is 0.422 e. The molecule has 1 aromatic carbocycles. The lowest BCUT2D eigenvalue weighted by Gasteiger charge is -2.14. The summed E-state index contributed by atoms with van der Waals surface area (Å²) in [5.74, 6) is 0.434. The molecule has 1 rings (SSSR count). The maximum absolute atomic E-state index is 12.1. The Kier molecular flexibility index (Phi) is 5.27. The van der Waals surface area contributed by atoms with Crippen molar-refractivity contribution in [2.24, 2.45) is 0 Å². The number of halogens is 3. The highest BCUT2D eigenvalue weighted by Crippen LogP contribution is 2.30. The molecule has 0 radical (unpaired) electrons. The standard InChI is InChI=1S/C12H16F3NO2/c1-3-17-11-6-9(7-16-2)4-5-10(11)18-8-12(13,14)15/h4-6,16H,3,7-8H2,1-2H3. The first-order valence-electron chi connectivity index (χ1n) is 5.56. The van der Waals surface area contributed by atoms with Gasteiger partial charge in [0.1, 0.15) is 0 Å². The Bertz CT molecular complexity index is 380. The highest BCUT2D eigenvalue weighted by molar-refractivity contribution is 5.43. The van der Waals surface area contributed by atoms with Gasteiger partial charge >= 0.3 is 6.18 Å². The fourth-order valence-corrected chi connectivity index (χ4v) is 1.41. The molecule has 0 aromatic heterocycles. The van der Waals surface area contributed by atoms with Crippen molar-refractivity contribution in [2.45, 2.75) is 19.6 Å². The lowest BCUT2D eigenvalue weighted by molar-refractivity contribution is -0.153. The third-order valence-corrected chi connectivity index (χ3v) is 2.08. The summed E-state index contributed by atoms with van der Waals surface area (Å²) >= 11 is 0. The van der Waals surface area contributed by atoms with Gasteiger partial charge in [0, 0.05) is 6.54 Å². The molecule has 0 fully saturated rings. The molecular formula is C12H16F3NO2. The molecule has 0 aliphatic rings. The molecule has 0 atom stereocenters. The van der Waals surface area contributed by atoms with Gasteiger partial charge < -0.3 is 14.8 Å². The minimum absolute atomic E-state index is 0.106. The van der Waals surface area contributed by atoms with Gasteiger partial charge in [-0.1, -0.05) is 6.07 Å². The van der Waals surface area contributed by atoms with E-state index < -0.39 is 12.8 Å². The lowest BCUT2D eigenvalue weighted by atomic mass is 10.2. The van der Waals surface area contributed by atoms with Crippen LogP contribution in [0.3, 0.4) is 0 Å². The molecule has 0 heterocycles. The van der Waals surface area contributed by atoms with Crippen molar-refractivity contribution in [1.82, 2.24) is 5.32 Å². The van der Waals surface area contributed by atoms with E-state index in [1.54, 1.807) is 26.1 Å². The summed E-state index contributed by atoms with van der Waals surface area (Å²) in [5, 5.41) is 2.95. The lowest BCUT2D eigenvalue weighted by Crippen LogP contribution is -2.19. The smallest absolute Gasteiger partial charge is 0.422 e. The molecule has 1 N–H and O–H groups in total. The Hall–Kier alpha value is -1.43. The van der Waals surface area contributed by atoms with Gasteiger partial charge in [0.2, 0.25) is 0 Å². The molecule has 18 heavy (non-hydrogen) atoms. The number of rotatable bonds is 6. The average Bonchev–Trinajstić information content (AvgIpc) is 2.28. The van der Waals surface area contributed by atoms with Crippen LogP contribution in [0.2, 0.25) is 0 Å². The third-order valence-electron chi connectivity index (χ3n) is 2.08. The van der Waals surface area contributed by atoms with E-state index in [0.717, 1.165) is 5.56 Å². The predicted octanol–water partition coefficient (Wildman–Crippen LogP) is 2.75. The zero-order valence-corrected chi connectivity index (χ0v) is 10.3. The topological polar surface area (TPSA) is 30.5 Å². The van der Waals surface area contributed by atoms with Crippen molar-refractivity contribution in [2.75, 3.05) is 20.3 Å². The largest absolute Gasteiger partial charge is 0.490 e. The van der Waals surface area contributed by atoms with Crippen molar-refractivity contribution in [1.29, 1.82) is 0 Å². The number of ether oxygens (including phenoxy) is 2. The summed E-state index contributed by atoms with van der Waals surface area (Å²) in [4.78, 5) is 0. The van der Waals surface area contributed by atoms with Crippen LogP contribution in [0, 0.1) is 0 Å². The van der Waals surface area contributed by atoms with Crippen molar-refractivity contribution < 1.29 is 22.6 Å². The molecular weight excluding hydrogens is 247 g/mol. The van der Waals surface area contributed by atoms with E-state index in [1.165, 1.54) is 6.07 Å². The highest BCUT2D eigenvalue weighted by atomic mass is 19.4. The molecule has 0 bridgehead atoms. The summed E-state index contributed by atoms with van der Waals surface area (Å²) in [6.45, 7) is 1.42. The summed E-state index contributed by atoms with van der Waals surface area (Å²) < 4.78 is 46.2. The molecule has 0 saturated carbocycles. The average molecular weight is 263 g/mol. The number of hydrogen-bond donors (Lipinski definition) is 1. The predicted molar refractivity (Wildman–Crippen MR) is 61.9 cm³/mol. The minimum atomic E-state index is -4.35. The summed E-state index contributed by atoms with van der Waals surface area (Å²) in [7, 11) is 1.79. The fraction of sp³-hybridized carbons (Fsp3) is 0.500. The zero-order chi connectivity index (χ0) is 13.6. The Labute approximate surface area is 104 Å². The van der Waals surface area contributed by atoms with Gasteiger partial charge in [-0.25, -0.2) is 0 Å². The van der Waals surface area contributed by atoms with E-state index in [4.69, 9.17) is 9.47 Å². The molecule has 1 aromatic rings. The van der Waals surface area contributed by atoms with Crippen LogP contribution < -0.4 is 14.8 Å². The molecule has 0 unspecified atom stereocenters. The second kappa shape index (κ2) is 6.49. The zero-order valence-electron chi connectivity index (χ0n) is 10.3. The van der Waals surface area contributed by atoms with Gasteiger partial charge in [0.05, 0.1) is 6.61 Å². The van der Waals surface area contributed by atoms with E-state index >= 15 is 0 Å². The van der Waals surface area contributed by atoms with Crippen molar-refractivity contribution >= 4 is 0 Å². The number of hydrogen-bond acceptors (Lipinski definition) is 3. The van der Waals surface area contributed by atoms with Crippen molar-refractivity contribution in [3.05, 3.63) is 23.8 Å². The highest BCUT2D eigenvalue weighted by Gasteiger charge is 2.29. The molecule has 0 amide bonds. The van der Waals surface area contributed by atoms with Crippen LogP contribution >= 0.6 is 0 Å². The van der Waals surface area contributed by atoms with Crippen LogP contribution in [0.15, 0.2) is 18.2 Å². The first-order chi connectivity index (χ1) is 8.46. The van der Waals surface area contributed by atoms with Crippen LogP contribution in [0.25, 0.3) is 0 Å². The number of benzene rings is 1. The Morgan fingerprint density at radius 2 is 1.89 bits per heavy atom. The first-order valence-corrected chi connectivity index (χ1v) is 5.56. The van der Waals surface area contributed by atoms with Gasteiger partial charge in [-0.05, 0) is 31.7 Å². The number of alkyl halides is 3. The van der Waals surface area contributed by atoms with E-state index in [9.17, 15) is 13.2 Å². The Balaban J connectivity index is 2.82. The van der Waals surface area contributed by atoms with Crippen molar-refractivity contribution in [3.63, 3.8) is 0 Å². The van der Waals surface area contributed by atoms with Gasteiger partial charge in [0.15, 0.2) is 18.1 Å².